The maximum absolute atomic E-state index is 12.3. The second-order valence-electron chi connectivity index (χ2n) is 5.07. The molecular weight excluding hydrogens is 312 g/mol. The number of rotatable bonds is 2. The highest BCUT2D eigenvalue weighted by atomic mass is 79.9. The van der Waals surface area contributed by atoms with E-state index < -0.39 is 11.4 Å². The van der Waals surface area contributed by atoms with E-state index in [1.165, 1.54) is 0 Å². The molecule has 1 amide bonds. The molecule has 0 saturated carbocycles. The molecule has 1 aliphatic rings. The van der Waals surface area contributed by atoms with Gasteiger partial charge in [-0.25, -0.2) is 0 Å². The Morgan fingerprint density at radius 1 is 1.47 bits per heavy atom. The van der Waals surface area contributed by atoms with E-state index in [1.54, 1.807) is 30.0 Å². The highest BCUT2D eigenvalue weighted by Gasteiger charge is 2.42. The second-order valence-corrected chi connectivity index (χ2v) is 5.99. The first-order valence-electron chi connectivity index (χ1n) is 5.91. The van der Waals surface area contributed by atoms with Gasteiger partial charge in [0.05, 0.1) is 11.0 Å². The van der Waals surface area contributed by atoms with Crippen LogP contribution >= 0.6 is 15.9 Å². The number of halogens is 1. The van der Waals surface area contributed by atoms with Gasteiger partial charge in [0, 0.05) is 23.2 Å². The molecule has 3 N–H and O–H groups in total. The molecule has 0 aliphatic carbocycles. The molecule has 6 heteroatoms. The SMILES string of the molecule is CC1(C(=O)O)CCN(C(=O)c2ccc(Br)cc2N)C1. The molecule has 1 atom stereocenters. The minimum atomic E-state index is -0.869. The third kappa shape index (κ3) is 2.58. The molecule has 102 valence electrons. The molecular formula is C13H15BrN2O3. The summed E-state index contributed by atoms with van der Waals surface area (Å²) in [5, 5.41) is 9.16. The van der Waals surface area contributed by atoms with E-state index in [-0.39, 0.29) is 12.5 Å². The standard InChI is InChI=1S/C13H15BrN2O3/c1-13(12(18)19)4-5-16(7-13)11(17)9-3-2-8(14)6-10(9)15/h2-3,6H,4-5,7,15H2,1H3,(H,18,19). The Labute approximate surface area is 119 Å². The summed E-state index contributed by atoms with van der Waals surface area (Å²) in [5.41, 5.74) is 5.77. The number of nitrogens with zero attached hydrogens (tertiary/aromatic N) is 1. The van der Waals surface area contributed by atoms with Crippen molar-refractivity contribution in [2.24, 2.45) is 5.41 Å². The van der Waals surface area contributed by atoms with Crippen LogP contribution in [-0.2, 0) is 4.79 Å². The number of nitrogens with two attached hydrogens (primary N) is 1. The minimum absolute atomic E-state index is 0.213. The number of hydrogen-bond acceptors (Lipinski definition) is 3. The van der Waals surface area contributed by atoms with Gasteiger partial charge in [0.2, 0.25) is 0 Å². The molecule has 19 heavy (non-hydrogen) atoms. The van der Waals surface area contributed by atoms with E-state index in [9.17, 15) is 9.59 Å². The number of anilines is 1. The third-order valence-electron chi connectivity index (χ3n) is 3.52. The quantitative estimate of drug-likeness (QED) is 0.814. The molecule has 1 unspecified atom stereocenters. The summed E-state index contributed by atoms with van der Waals surface area (Å²) in [7, 11) is 0. The minimum Gasteiger partial charge on any atom is -0.481 e. The van der Waals surface area contributed by atoms with Crippen LogP contribution in [0.1, 0.15) is 23.7 Å². The van der Waals surface area contributed by atoms with Gasteiger partial charge in [-0.3, -0.25) is 9.59 Å². The number of amides is 1. The summed E-state index contributed by atoms with van der Waals surface area (Å²) in [6.07, 6.45) is 0.463. The summed E-state index contributed by atoms with van der Waals surface area (Å²) in [6, 6.07) is 5.06. The summed E-state index contributed by atoms with van der Waals surface area (Å²) < 4.78 is 0.804. The van der Waals surface area contributed by atoms with E-state index in [1.807, 2.05) is 0 Å². The molecule has 1 aliphatic heterocycles. The van der Waals surface area contributed by atoms with Gasteiger partial charge in [0.25, 0.3) is 5.91 Å². The van der Waals surface area contributed by atoms with Crippen LogP contribution in [0.5, 0.6) is 0 Å². The van der Waals surface area contributed by atoms with Gasteiger partial charge in [0.1, 0.15) is 0 Å². The Morgan fingerprint density at radius 3 is 2.68 bits per heavy atom. The van der Waals surface area contributed by atoms with Crippen LogP contribution < -0.4 is 5.73 Å². The number of hydrogen-bond donors (Lipinski definition) is 2. The monoisotopic (exact) mass is 326 g/mol. The van der Waals surface area contributed by atoms with Crippen LogP contribution in [0.3, 0.4) is 0 Å². The highest BCUT2D eigenvalue weighted by Crippen LogP contribution is 2.32. The maximum atomic E-state index is 12.3. The number of nitrogen functional groups attached to an aromatic ring is 1. The molecule has 5 nitrogen and oxygen atoms in total. The Kier molecular flexibility index (Phi) is 3.54. The molecule has 1 heterocycles. The van der Waals surface area contributed by atoms with Gasteiger partial charge in [0.15, 0.2) is 0 Å². The van der Waals surface area contributed by atoms with Crippen molar-refractivity contribution < 1.29 is 14.7 Å². The lowest BCUT2D eigenvalue weighted by Crippen LogP contribution is -2.35. The van der Waals surface area contributed by atoms with Crippen LogP contribution in [0.4, 0.5) is 5.69 Å². The highest BCUT2D eigenvalue weighted by molar-refractivity contribution is 9.10. The number of likely N-dealkylation sites (tertiary alicyclic amines) is 1. The predicted molar refractivity (Wildman–Crippen MR) is 74.8 cm³/mol. The van der Waals surface area contributed by atoms with Gasteiger partial charge in [-0.05, 0) is 31.5 Å². The van der Waals surface area contributed by atoms with Crippen LogP contribution in [0.2, 0.25) is 0 Å². The topological polar surface area (TPSA) is 83.6 Å². The lowest BCUT2D eigenvalue weighted by Gasteiger charge is -2.20. The summed E-state index contributed by atoms with van der Waals surface area (Å²) in [4.78, 5) is 25.0. The molecule has 0 aromatic heterocycles. The molecule has 1 aromatic carbocycles. The lowest BCUT2D eigenvalue weighted by molar-refractivity contribution is -0.147. The first-order valence-corrected chi connectivity index (χ1v) is 6.70. The fraction of sp³-hybridized carbons (Fsp3) is 0.385. The van der Waals surface area contributed by atoms with Crippen molar-refractivity contribution in [3.63, 3.8) is 0 Å². The van der Waals surface area contributed by atoms with Crippen molar-refractivity contribution in [1.82, 2.24) is 4.90 Å². The van der Waals surface area contributed by atoms with E-state index in [0.717, 1.165) is 4.47 Å². The van der Waals surface area contributed by atoms with E-state index >= 15 is 0 Å². The third-order valence-corrected chi connectivity index (χ3v) is 4.01. The Hall–Kier alpha value is -1.56. The first-order chi connectivity index (χ1) is 8.83. The molecule has 0 spiro atoms. The van der Waals surface area contributed by atoms with E-state index in [2.05, 4.69) is 15.9 Å². The lowest BCUT2D eigenvalue weighted by atomic mass is 9.90. The van der Waals surface area contributed by atoms with Gasteiger partial charge in [-0.1, -0.05) is 15.9 Å². The molecule has 1 saturated heterocycles. The predicted octanol–water partition coefficient (Wildman–Crippen LogP) is 1.97. The smallest absolute Gasteiger partial charge is 0.311 e. The molecule has 0 radical (unpaired) electrons. The molecule has 0 bridgehead atoms. The van der Waals surface area contributed by atoms with Gasteiger partial charge in [-0.15, -0.1) is 0 Å². The summed E-state index contributed by atoms with van der Waals surface area (Å²) in [6.45, 7) is 2.32. The number of benzene rings is 1. The number of carbonyl (C=O) groups excluding carboxylic acids is 1. The van der Waals surface area contributed by atoms with Crippen molar-refractivity contribution in [2.75, 3.05) is 18.8 Å². The zero-order valence-electron chi connectivity index (χ0n) is 10.5. The van der Waals surface area contributed by atoms with Crippen LogP contribution in [-0.4, -0.2) is 35.0 Å². The first kappa shape index (κ1) is 13.9. The average molecular weight is 327 g/mol. The van der Waals surface area contributed by atoms with Crippen molar-refractivity contribution in [1.29, 1.82) is 0 Å². The number of carboxylic acids is 1. The van der Waals surface area contributed by atoms with Crippen molar-refractivity contribution >= 4 is 33.5 Å². The van der Waals surface area contributed by atoms with Gasteiger partial charge >= 0.3 is 5.97 Å². The van der Waals surface area contributed by atoms with Crippen molar-refractivity contribution in [2.45, 2.75) is 13.3 Å². The van der Waals surface area contributed by atoms with Gasteiger partial charge < -0.3 is 15.7 Å². The number of carboxylic acid groups (broad SMARTS) is 1. The fourth-order valence-corrected chi connectivity index (χ4v) is 2.59. The van der Waals surface area contributed by atoms with Crippen LogP contribution in [0.25, 0.3) is 0 Å². The zero-order valence-corrected chi connectivity index (χ0v) is 12.1. The second kappa shape index (κ2) is 4.85. The summed E-state index contributed by atoms with van der Waals surface area (Å²) >= 11 is 3.28. The largest absolute Gasteiger partial charge is 0.481 e. The molecule has 2 rings (SSSR count). The van der Waals surface area contributed by atoms with Gasteiger partial charge in [-0.2, -0.15) is 0 Å². The summed E-state index contributed by atoms with van der Waals surface area (Å²) in [5.74, 6) is -1.08. The van der Waals surface area contributed by atoms with E-state index in [4.69, 9.17) is 10.8 Å². The van der Waals surface area contributed by atoms with Crippen LogP contribution in [0.15, 0.2) is 22.7 Å². The Balaban J connectivity index is 2.20. The Bertz CT molecular complexity index is 547. The number of carbonyl (C=O) groups is 2. The zero-order chi connectivity index (χ0) is 14.2. The van der Waals surface area contributed by atoms with Crippen LogP contribution in [0, 0.1) is 5.41 Å². The normalized spacial score (nSPS) is 22.5. The van der Waals surface area contributed by atoms with E-state index in [0.29, 0.717) is 24.2 Å². The Morgan fingerprint density at radius 2 is 2.16 bits per heavy atom. The van der Waals surface area contributed by atoms with Crippen molar-refractivity contribution in [3.8, 4) is 0 Å². The molecule has 1 aromatic rings. The molecule has 1 fully saturated rings. The average Bonchev–Trinajstić information content (AvgIpc) is 2.73. The maximum Gasteiger partial charge on any atom is 0.311 e. The van der Waals surface area contributed by atoms with Crippen molar-refractivity contribution in [3.05, 3.63) is 28.2 Å². The fourth-order valence-electron chi connectivity index (χ4n) is 2.21. The number of aliphatic carboxylic acids is 1.